The van der Waals surface area contributed by atoms with Gasteiger partial charge in [-0.05, 0) is 38.5 Å². The highest BCUT2D eigenvalue weighted by Crippen LogP contribution is 2.43. The van der Waals surface area contributed by atoms with Crippen LogP contribution in [-0.2, 0) is 18.4 Å². The normalized spacial score (nSPS) is 14.1. The van der Waals surface area contributed by atoms with Gasteiger partial charge in [-0.25, -0.2) is 4.57 Å². The van der Waals surface area contributed by atoms with E-state index in [1.165, 1.54) is 154 Å². The van der Waals surface area contributed by atoms with Crippen molar-refractivity contribution in [1.82, 2.24) is 5.32 Å². The maximum atomic E-state index is 12.8. The standard InChI is InChI=1S/C44H89N2O6P/c1-3-5-7-9-11-13-15-17-19-21-22-23-25-27-29-31-33-35-37-43(47)42(41-52-53(49,50)51-40-39-45)46-44(48)38-36-34-32-30-28-26-24-20-18-16-14-12-10-8-6-4-2/h20,24,42-43,47H,3-19,21-23,25-41,45H2,1-2H3,(H,46,48)(H,49,50)/b24-20-. The molecule has 0 aromatic heterocycles. The minimum atomic E-state index is -4.31. The number of nitrogens with two attached hydrogens (primary N) is 1. The lowest BCUT2D eigenvalue weighted by atomic mass is 10.0. The molecule has 8 nitrogen and oxygen atoms in total. The molecule has 53 heavy (non-hydrogen) atoms. The van der Waals surface area contributed by atoms with Crippen molar-refractivity contribution in [3.8, 4) is 0 Å². The van der Waals surface area contributed by atoms with E-state index in [0.29, 0.717) is 12.8 Å². The first-order valence-corrected chi connectivity index (χ1v) is 24.3. The molecule has 316 valence electrons. The van der Waals surface area contributed by atoms with Crippen molar-refractivity contribution in [1.29, 1.82) is 0 Å². The van der Waals surface area contributed by atoms with Crippen LogP contribution in [0.1, 0.15) is 232 Å². The molecule has 0 aromatic rings. The van der Waals surface area contributed by atoms with Gasteiger partial charge in [-0.1, -0.05) is 199 Å². The summed E-state index contributed by atoms with van der Waals surface area (Å²) >= 11 is 0. The van der Waals surface area contributed by atoms with E-state index >= 15 is 0 Å². The summed E-state index contributed by atoms with van der Waals surface area (Å²) in [6.45, 7) is 4.22. The number of amides is 1. The summed E-state index contributed by atoms with van der Waals surface area (Å²) < 4.78 is 22.2. The summed E-state index contributed by atoms with van der Waals surface area (Å²) in [4.78, 5) is 22.7. The van der Waals surface area contributed by atoms with Crippen LogP contribution in [0.3, 0.4) is 0 Å². The number of phosphoric ester groups is 1. The van der Waals surface area contributed by atoms with Crippen molar-refractivity contribution in [2.45, 2.75) is 244 Å². The Morgan fingerprint density at radius 3 is 1.40 bits per heavy atom. The zero-order valence-corrected chi connectivity index (χ0v) is 35.9. The van der Waals surface area contributed by atoms with Crippen LogP contribution in [0.2, 0.25) is 0 Å². The van der Waals surface area contributed by atoms with Crippen LogP contribution >= 0.6 is 7.82 Å². The quantitative estimate of drug-likeness (QED) is 0.0276. The third-order valence-corrected chi connectivity index (χ3v) is 11.4. The second-order valence-electron chi connectivity index (χ2n) is 15.6. The third-order valence-electron chi connectivity index (χ3n) is 10.4. The van der Waals surface area contributed by atoms with Crippen LogP contribution < -0.4 is 11.1 Å². The Morgan fingerprint density at radius 2 is 0.981 bits per heavy atom. The summed E-state index contributed by atoms with van der Waals surface area (Å²) in [5.41, 5.74) is 5.38. The Balaban J connectivity index is 4.13. The predicted molar refractivity (Wildman–Crippen MR) is 226 cm³/mol. The van der Waals surface area contributed by atoms with Crippen LogP contribution in [0.4, 0.5) is 0 Å². The summed E-state index contributed by atoms with van der Waals surface area (Å²) in [6.07, 6.45) is 45.0. The first-order valence-electron chi connectivity index (χ1n) is 22.8. The van der Waals surface area contributed by atoms with Gasteiger partial charge in [-0.3, -0.25) is 13.8 Å². The fraction of sp³-hybridized carbons (Fsp3) is 0.932. The minimum absolute atomic E-state index is 0.0894. The molecule has 0 rings (SSSR count). The molecule has 9 heteroatoms. The first-order chi connectivity index (χ1) is 25.9. The Labute approximate surface area is 328 Å². The van der Waals surface area contributed by atoms with E-state index < -0.39 is 20.0 Å². The monoisotopic (exact) mass is 773 g/mol. The lowest BCUT2D eigenvalue weighted by molar-refractivity contribution is -0.123. The number of hydrogen-bond donors (Lipinski definition) is 4. The number of allylic oxidation sites excluding steroid dienone is 2. The molecular weight excluding hydrogens is 683 g/mol. The molecule has 3 unspecified atom stereocenters. The number of unbranched alkanes of at least 4 members (excludes halogenated alkanes) is 29. The summed E-state index contributed by atoms with van der Waals surface area (Å²) in [5.74, 6) is -0.167. The van der Waals surface area contributed by atoms with Crippen molar-refractivity contribution in [3.05, 3.63) is 12.2 Å². The van der Waals surface area contributed by atoms with Gasteiger partial charge in [0.1, 0.15) is 0 Å². The Hall–Kier alpha value is -0.760. The van der Waals surface area contributed by atoms with Crippen molar-refractivity contribution in [3.63, 3.8) is 0 Å². The Morgan fingerprint density at radius 1 is 0.604 bits per heavy atom. The predicted octanol–water partition coefficient (Wildman–Crippen LogP) is 12.8. The van der Waals surface area contributed by atoms with E-state index in [9.17, 15) is 19.4 Å². The molecule has 0 saturated heterocycles. The number of phosphoric acid groups is 1. The van der Waals surface area contributed by atoms with Gasteiger partial charge in [0.25, 0.3) is 0 Å². The van der Waals surface area contributed by atoms with Crippen LogP contribution in [0.15, 0.2) is 12.2 Å². The van der Waals surface area contributed by atoms with E-state index in [2.05, 4.69) is 31.3 Å². The molecule has 0 aliphatic rings. The molecule has 3 atom stereocenters. The van der Waals surface area contributed by atoms with Gasteiger partial charge in [0.15, 0.2) is 0 Å². The second-order valence-corrected chi connectivity index (χ2v) is 17.1. The van der Waals surface area contributed by atoms with Gasteiger partial charge in [-0.2, -0.15) is 0 Å². The molecule has 5 N–H and O–H groups in total. The SMILES string of the molecule is CCCCCCCCC/C=C\CCCCCCCC(=O)NC(COP(=O)(O)OCCN)C(O)CCCCCCCCCCCCCCCCCCCC. The maximum absolute atomic E-state index is 12.8. The van der Waals surface area contributed by atoms with Gasteiger partial charge < -0.3 is 21.1 Å². The fourth-order valence-electron chi connectivity index (χ4n) is 6.90. The molecule has 0 fully saturated rings. The number of hydrogen-bond acceptors (Lipinski definition) is 6. The smallest absolute Gasteiger partial charge is 0.391 e. The molecule has 0 spiro atoms. The van der Waals surface area contributed by atoms with E-state index in [4.69, 9.17) is 14.8 Å². The summed E-state index contributed by atoms with van der Waals surface area (Å²) in [6, 6.07) is -0.775. The number of rotatable bonds is 43. The maximum Gasteiger partial charge on any atom is 0.472 e. The molecule has 1 amide bonds. The van der Waals surface area contributed by atoms with Gasteiger partial charge in [0, 0.05) is 13.0 Å². The topological polar surface area (TPSA) is 131 Å². The number of aliphatic hydroxyl groups excluding tert-OH is 1. The van der Waals surface area contributed by atoms with E-state index in [0.717, 1.165) is 51.4 Å². The molecular formula is C44H89N2O6P. The highest BCUT2D eigenvalue weighted by Gasteiger charge is 2.27. The second kappa shape index (κ2) is 40.9. The summed E-state index contributed by atoms with van der Waals surface area (Å²) in [7, 11) is -4.31. The molecule has 0 aliphatic heterocycles. The molecule has 0 radical (unpaired) electrons. The number of carbonyl (C=O) groups is 1. The fourth-order valence-corrected chi connectivity index (χ4v) is 7.66. The van der Waals surface area contributed by atoms with Crippen LogP contribution in [0, 0.1) is 0 Å². The molecule has 0 heterocycles. The summed E-state index contributed by atoms with van der Waals surface area (Å²) in [5, 5.41) is 13.8. The highest BCUT2D eigenvalue weighted by atomic mass is 31.2. The zero-order valence-electron chi connectivity index (χ0n) is 35.0. The lowest BCUT2D eigenvalue weighted by Crippen LogP contribution is -2.46. The number of carbonyl (C=O) groups excluding carboxylic acids is 1. The van der Waals surface area contributed by atoms with Gasteiger partial charge >= 0.3 is 7.82 Å². The number of nitrogens with one attached hydrogen (secondary N) is 1. The molecule has 0 saturated carbocycles. The highest BCUT2D eigenvalue weighted by molar-refractivity contribution is 7.47. The van der Waals surface area contributed by atoms with E-state index in [1.54, 1.807) is 0 Å². The van der Waals surface area contributed by atoms with Gasteiger partial charge in [0.05, 0.1) is 25.4 Å². The Kier molecular flexibility index (Phi) is 40.3. The van der Waals surface area contributed by atoms with Gasteiger partial charge in [0.2, 0.25) is 5.91 Å². The van der Waals surface area contributed by atoms with Crippen molar-refractivity contribution in [2.75, 3.05) is 19.8 Å². The average Bonchev–Trinajstić information content (AvgIpc) is 3.14. The van der Waals surface area contributed by atoms with E-state index in [1.807, 2.05) is 0 Å². The van der Waals surface area contributed by atoms with Crippen molar-refractivity contribution < 1.29 is 28.4 Å². The molecule has 0 bridgehead atoms. The van der Waals surface area contributed by atoms with Crippen LogP contribution in [0.5, 0.6) is 0 Å². The van der Waals surface area contributed by atoms with Crippen molar-refractivity contribution >= 4 is 13.7 Å². The average molecular weight is 773 g/mol. The zero-order chi connectivity index (χ0) is 38.9. The van der Waals surface area contributed by atoms with Crippen molar-refractivity contribution in [2.24, 2.45) is 5.73 Å². The molecule has 0 aromatic carbocycles. The molecule has 0 aliphatic carbocycles. The number of aliphatic hydroxyl groups is 1. The first kappa shape index (κ1) is 52.2. The van der Waals surface area contributed by atoms with E-state index in [-0.39, 0.29) is 25.7 Å². The Bertz CT molecular complexity index is 845. The third kappa shape index (κ3) is 39.3. The largest absolute Gasteiger partial charge is 0.472 e. The van der Waals surface area contributed by atoms with Gasteiger partial charge in [-0.15, -0.1) is 0 Å². The van der Waals surface area contributed by atoms with Crippen LogP contribution in [0.25, 0.3) is 0 Å². The lowest BCUT2D eigenvalue weighted by Gasteiger charge is -2.25. The minimum Gasteiger partial charge on any atom is -0.391 e. The van der Waals surface area contributed by atoms with Crippen LogP contribution in [-0.4, -0.2) is 47.8 Å².